The van der Waals surface area contributed by atoms with E-state index >= 15 is 0 Å². The van der Waals surface area contributed by atoms with Gasteiger partial charge in [0.05, 0.1) is 18.2 Å². The predicted molar refractivity (Wildman–Crippen MR) is 137 cm³/mol. The van der Waals surface area contributed by atoms with Crippen LogP contribution in [-0.2, 0) is 9.59 Å². The number of likely N-dealkylation sites (tertiary alicyclic amines) is 1. The third-order valence-corrected chi connectivity index (χ3v) is 5.79. The number of ketones is 1. The molecule has 0 spiro atoms. The van der Waals surface area contributed by atoms with Gasteiger partial charge in [0.1, 0.15) is 23.9 Å². The predicted octanol–water partition coefficient (Wildman–Crippen LogP) is 4.41. The molecule has 2 aromatic rings. The van der Waals surface area contributed by atoms with Gasteiger partial charge in [-0.25, -0.2) is 0 Å². The molecule has 3 rings (SSSR count). The number of ether oxygens (including phenoxy) is 2. The van der Waals surface area contributed by atoms with Crippen molar-refractivity contribution in [2.45, 2.75) is 25.8 Å². The molecule has 7 nitrogen and oxygen atoms in total. The molecule has 7 heteroatoms. The summed E-state index contributed by atoms with van der Waals surface area (Å²) < 4.78 is 11.3. The van der Waals surface area contributed by atoms with Gasteiger partial charge in [-0.3, -0.25) is 9.59 Å². The Hall–Kier alpha value is -3.58. The zero-order valence-electron chi connectivity index (χ0n) is 20.7. The van der Waals surface area contributed by atoms with Crippen LogP contribution in [0.1, 0.15) is 36.9 Å². The first-order valence-electron chi connectivity index (χ1n) is 11.9. The molecule has 35 heavy (non-hydrogen) atoms. The minimum atomic E-state index is -0.705. The molecule has 0 saturated carbocycles. The van der Waals surface area contributed by atoms with E-state index in [1.807, 2.05) is 31.1 Å². The highest BCUT2D eigenvalue weighted by Crippen LogP contribution is 2.39. The van der Waals surface area contributed by atoms with Crippen molar-refractivity contribution in [1.29, 1.82) is 0 Å². The van der Waals surface area contributed by atoms with Gasteiger partial charge in [-0.15, -0.1) is 0 Å². The third-order valence-electron chi connectivity index (χ3n) is 5.79. The molecule has 0 aromatic heterocycles. The fourth-order valence-corrected chi connectivity index (χ4v) is 3.87. The van der Waals surface area contributed by atoms with Gasteiger partial charge in [-0.1, -0.05) is 38.1 Å². The van der Waals surface area contributed by atoms with Crippen LogP contribution < -0.4 is 9.47 Å². The number of rotatable bonds is 12. The number of unbranched alkanes of at least 4 members (excludes halogenated alkanes) is 1. The highest BCUT2D eigenvalue weighted by atomic mass is 16.5. The lowest BCUT2D eigenvalue weighted by atomic mass is 9.95. The Morgan fingerprint density at radius 3 is 2.29 bits per heavy atom. The van der Waals surface area contributed by atoms with Crippen molar-refractivity contribution in [2.75, 3.05) is 40.4 Å². The van der Waals surface area contributed by atoms with E-state index < -0.39 is 17.7 Å². The summed E-state index contributed by atoms with van der Waals surface area (Å²) in [7, 11) is 3.81. The number of aliphatic hydroxyl groups is 1. The first kappa shape index (κ1) is 26.0. The summed E-state index contributed by atoms with van der Waals surface area (Å²) in [6, 6.07) is 13.4. The summed E-state index contributed by atoms with van der Waals surface area (Å²) in [6.45, 7) is 7.65. The van der Waals surface area contributed by atoms with Crippen LogP contribution in [-0.4, -0.2) is 67.0 Å². The molecule has 0 aliphatic carbocycles. The number of likely N-dealkylation sites (N-methyl/N-ethyl adjacent to an activating group) is 1. The van der Waals surface area contributed by atoms with Gasteiger partial charge < -0.3 is 24.4 Å². The second-order valence-corrected chi connectivity index (χ2v) is 8.69. The molecule has 0 bridgehead atoms. The van der Waals surface area contributed by atoms with E-state index in [1.165, 1.54) is 4.90 Å². The summed E-state index contributed by atoms with van der Waals surface area (Å²) in [5, 5.41) is 11.2. The Morgan fingerprint density at radius 1 is 1.06 bits per heavy atom. The molecule has 1 heterocycles. The van der Waals surface area contributed by atoms with E-state index in [-0.39, 0.29) is 11.3 Å². The number of carbonyl (C=O) groups excluding carboxylic acids is 2. The van der Waals surface area contributed by atoms with Crippen molar-refractivity contribution in [2.24, 2.45) is 0 Å². The Kier molecular flexibility index (Phi) is 9.09. The monoisotopic (exact) mass is 478 g/mol. The van der Waals surface area contributed by atoms with Gasteiger partial charge in [-0.2, -0.15) is 0 Å². The average Bonchev–Trinajstić information content (AvgIpc) is 3.11. The van der Waals surface area contributed by atoms with Crippen molar-refractivity contribution in [3.05, 3.63) is 77.9 Å². The smallest absolute Gasteiger partial charge is 0.295 e. The van der Waals surface area contributed by atoms with E-state index in [2.05, 4.69) is 13.5 Å². The van der Waals surface area contributed by atoms with Crippen molar-refractivity contribution >= 4 is 17.4 Å². The molecular formula is C28H34N2O5. The fourth-order valence-electron chi connectivity index (χ4n) is 3.87. The number of carbonyl (C=O) groups is 2. The molecule has 1 amide bonds. The Bertz CT molecular complexity index is 1060. The van der Waals surface area contributed by atoms with Crippen molar-refractivity contribution in [1.82, 2.24) is 9.80 Å². The number of aliphatic hydroxyl groups excluding tert-OH is 1. The number of hydrogen-bond acceptors (Lipinski definition) is 6. The van der Waals surface area contributed by atoms with Gasteiger partial charge in [0, 0.05) is 18.7 Å². The molecule has 1 aliphatic heterocycles. The topological polar surface area (TPSA) is 79.3 Å². The first-order chi connectivity index (χ1) is 16.9. The van der Waals surface area contributed by atoms with E-state index in [4.69, 9.17) is 9.47 Å². The van der Waals surface area contributed by atoms with Gasteiger partial charge in [0.25, 0.3) is 11.7 Å². The van der Waals surface area contributed by atoms with Crippen molar-refractivity contribution in [3.8, 4) is 11.5 Å². The largest absolute Gasteiger partial charge is 0.507 e. The molecule has 186 valence electrons. The van der Waals surface area contributed by atoms with Crippen molar-refractivity contribution in [3.63, 3.8) is 0 Å². The minimum absolute atomic E-state index is 0.0770. The van der Waals surface area contributed by atoms with Crippen LogP contribution in [0, 0.1) is 0 Å². The molecular weight excluding hydrogens is 444 g/mol. The minimum Gasteiger partial charge on any atom is -0.507 e. The summed E-state index contributed by atoms with van der Waals surface area (Å²) in [6.07, 6.45) is 3.65. The maximum Gasteiger partial charge on any atom is 0.295 e. The summed E-state index contributed by atoms with van der Waals surface area (Å²) >= 11 is 0. The summed E-state index contributed by atoms with van der Waals surface area (Å²) in [4.78, 5) is 29.6. The fraction of sp³-hybridized carbons (Fsp3) is 0.357. The van der Waals surface area contributed by atoms with Crippen LogP contribution in [0.4, 0.5) is 0 Å². The molecule has 1 aliphatic rings. The maximum absolute atomic E-state index is 13.1. The van der Waals surface area contributed by atoms with Gasteiger partial charge in [0.2, 0.25) is 0 Å². The van der Waals surface area contributed by atoms with Gasteiger partial charge >= 0.3 is 0 Å². The quantitative estimate of drug-likeness (QED) is 0.160. The average molecular weight is 479 g/mol. The maximum atomic E-state index is 13.1. The molecule has 2 aromatic carbocycles. The SMILES string of the molecule is C=CCOc1ccc(C2C(=C(O)c3ccc(OCCCC)cc3)C(=O)C(=O)N2CCN(C)C)cc1. The van der Waals surface area contributed by atoms with Crippen LogP contribution in [0.5, 0.6) is 11.5 Å². The molecule has 1 N–H and O–H groups in total. The molecule has 1 unspecified atom stereocenters. The zero-order chi connectivity index (χ0) is 25.4. The summed E-state index contributed by atoms with van der Waals surface area (Å²) in [5.41, 5.74) is 1.25. The lowest BCUT2D eigenvalue weighted by Gasteiger charge is -2.26. The standard InChI is InChI=1S/C28H34N2O5/c1-5-7-19-35-23-14-10-21(11-15-23)26(31)24-25(20-8-12-22(13-9-20)34-18-6-2)30(17-16-29(3)4)28(33)27(24)32/h6,8-15,25,31H,2,5,7,16-19H2,1,3-4H3. The van der Waals surface area contributed by atoms with Crippen LogP contribution in [0.3, 0.4) is 0 Å². The second-order valence-electron chi connectivity index (χ2n) is 8.69. The first-order valence-corrected chi connectivity index (χ1v) is 11.9. The Balaban J connectivity index is 1.98. The molecule has 1 saturated heterocycles. The molecule has 1 atom stereocenters. The highest BCUT2D eigenvalue weighted by molar-refractivity contribution is 6.46. The Morgan fingerprint density at radius 2 is 1.69 bits per heavy atom. The van der Waals surface area contributed by atoms with Crippen LogP contribution in [0.25, 0.3) is 5.76 Å². The van der Waals surface area contributed by atoms with E-state index in [0.29, 0.717) is 43.4 Å². The van der Waals surface area contributed by atoms with E-state index in [1.54, 1.807) is 42.5 Å². The number of nitrogens with zero attached hydrogens (tertiary/aromatic N) is 2. The highest BCUT2D eigenvalue weighted by Gasteiger charge is 2.45. The zero-order valence-corrected chi connectivity index (χ0v) is 20.7. The van der Waals surface area contributed by atoms with Crippen molar-refractivity contribution < 1.29 is 24.2 Å². The van der Waals surface area contributed by atoms with E-state index in [9.17, 15) is 14.7 Å². The normalized spacial score (nSPS) is 17.1. The van der Waals surface area contributed by atoms with Gasteiger partial charge in [0.15, 0.2) is 0 Å². The lowest BCUT2D eigenvalue weighted by Crippen LogP contribution is -2.35. The number of amides is 1. The number of Topliss-reactive ketones (excluding diaryl/α,β-unsaturated/α-hetero) is 1. The second kappa shape index (κ2) is 12.2. The van der Waals surface area contributed by atoms with Crippen LogP contribution in [0.2, 0.25) is 0 Å². The Labute approximate surface area is 207 Å². The molecule has 0 radical (unpaired) electrons. The van der Waals surface area contributed by atoms with Gasteiger partial charge in [-0.05, 0) is 62.5 Å². The lowest BCUT2D eigenvalue weighted by molar-refractivity contribution is -0.140. The molecule has 1 fully saturated rings. The number of hydrogen-bond donors (Lipinski definition) is 1. The van der Waals surface area contributed by atoms with Crippen LogP contribution >= 0.6 is 0 Å². The summed E-state index contributed by atoms with van der Waals surface area (Å²) in [5.74, 6) is -0.176. The van der Waals surface area contributed by atoms with Crippen LogP contribution in [0.15, 0.2) is 66.8 Å². The number of benzene rings is 2. The van der Waals surface area contributed by atoms with E-state index in [0.717, 1.165) is 18.4 Å². The third kappa shape index (κ3) is 6.31.